The standard InChI is InChI=1S/C10H13ClN4O4/c1-10(2)18-4-6(19-10)3-12-9-7(15(16)17)8(11)13-5-14-9/h5-6H,3-4H2,1-2H3,(H,12,13,14). The van der Waals surface area contributed by atoms with Gasteiger partial charge in [0, 0.05) is 6.54 Å². The Morgan fingerprint density at radius 1 is 1.63 bits per heavy atom. The second kappa shape index (κ2) is 5.24. The molecule has 0 saturated carbocycles. The van der Waals surface area contributed by atoms with Crippen LogP contribution in [0, 0.1) is 10.1 Å². The van der Waals surface area contributed by atoms with Crippen LogP contribution in [-0.4, -0.2) is 39.9 Å². The van der Waals surface area contributed by atoms with Gasteiger partial charge in [-0.05, 0) is 13.8 Å². The summed E-state index contributed by atoms with van der Waals surface area (Å²) in [6.07, 6.45) is 0.955. The van der Waals surface area contributed by atoms with E-state index >= 15 is 0 Å². The molecule has 1 aliphatic rings. The van der Waals surface area contributed by atoms with Crippen LogP contribution in [0.5, 0.6) is 0 Å². The molecule has 0 aromatic carbocycles. The average Bonchev–Trinajstić information content (AvgIpc) is 2.66. The van der Waals surface area contributed by atoms with Gasteiger partial charge in [-0.25, -0.2) is 9.97 Å². The number of hydrogen-bond acceptors (Lipinski definition) is 7. The third-order valence-corrected chi connectivity index (χ3v) is 2.80. The van der Waals surface area contributed by atoms with Crippen molar-refractivity contribution in [2.45, 2.75) is 25.7 Å². The molecular weight excluding hydrogens is 276 g/mol. The summed E-state index contributed by atoms with van der Waals surface area (Å²) in [5, 5.41) is 13.5. The van der Waals surface area contributed by atoms with Crippen LogP contribution < -0.4 is 5.32 Å². The third-order valence-electron chi connectivity index (χ3n) is 2.52. The first-order valence-corrected chi connectivity index (χ1v) is 5.97. The van der Waals surface area contributed by atoms with E-state index in [1.807, 2.05) is 0 Å². The van der Waals surface area contributed by atoms with E-state index in [0.717, 1.165) is 6.33 Å². The van der Waals surface area contributed by atoms with Gasteiger partial charge in [-0.3, -0.25) is 10.1 Å². The maximum Gasteiger partial charge on any atom is 0.348 e. The Morgan fingerprint density at radius 2 is 2.37 bits per heavy atom. The van der Waals surface area contributed by atoms with Gasteiger partial charge in [0.1, 0.15) is 12.4 Å². The molecule has 0 amide bonds. The van der Waals surface area contributed by atoms with E-state index in [0.29, 0.717) is 13.2 Å². The summed E-state index contributed by atoms with van der Waals surface area (Å²) in [5.74, 6) is -0.569. The summed E-state index contributed by atoms with van der Waals surface area (Å²) in [6, 6.07) is 0. The van der Waals surface area contributed by atoms with E-state index in [-0.39, 0.29) is 22.8 Å². The molecule has 0 bridgehead atoms. The highest BCUT2D eigenvalue weighted by Crippen LogP contribution is 2.29. The molecule has 0 spiro atoms. The summed E-state index contributed by atoms with van der Waals surface area (Å²) in [7, 11) is 0. The number of aromatic nitrogens is 2. The summed E-state index contributed by atoms with van der Waals surface area (Å²) >= 11 is 5.68. The van der Waals surface area contributed by atoms with Gasteiger partial charge in [0.2, 0.25) is 11.0 Å². The summed E-state index contributed by atoms with van der Waals surface area (Å²) in [6.45, 7) is 4.35. The molecule has 1 aromatic rings. The minimum Gasteiger partial charge on any atom is -0.361 e. The van der Waals surface area contributed by atoms with Crippen LogP contribution in [0.3, 0.4) is 0 Å². The Balaban J connectivity index is 2.04. The highest BCUT2D eigenvalue weighted by Gasteiger charge is 2.33. The first-order chi connectivity index (χ1) is 8.89. The Morgan fingerprint density at radius 3 is 2.95 bits per heavy atom. The Bertz CT molecular complexity index is 496. The molecule has 2 rings (SSSR count). The maximum absolute atomic E-state index is 10.9. The van der Waals surface area contributed by atoms with Crippen molar-refractivity contribution in [1.82, 2.24) is 9.97 Å². The van der Waals surface area contributed by atoms with E-state index in [4.69, 9.17) is 21.1 Å². The number of nitrogens with one attached hydrogen (secondary N) is 1. The van der Waals surface area contributed by atoms with E-state index in [1.165, 1.54) is 0 Å². The van der Waals surface area contributed by atoms with Gasteiger partial charge < -0.3 is 14.8 Å². The fourth-order valence-electron chi connectivity index (χ4n) is 1.72. The number of halogens is 1. The molecular formula is C10H13ClN4O4. The number of hydrogen-bond donors (Lipinski definition) is 1. The highest BCUT2D eigenvalue weighted by atomic mass is 35.5. The zero-order chi connectivity index (χ0) is 14.0. The minimum atomic E-state index is -0.637. The molecule has 19 heavy (non-hydrogen) atoms. The van der Waals surface area contributed by atoms with Gasteiger partial charge in [0.15, 0.2) is 5.79 Å². The van der Waals surface area contributed by atoms with Crippen molar-refractivity contribution in [3.8, 4) is 0 Å². The van der Waals surface area contributed by atoms with Crippen LogP contribution in [-0.2, 0) is 9.47 Å². The van der Waals surface area contributed by atoms with Crippen LogP contribution in [0.1, 0.15) is 13.8 Å². The van der Waals surface area contributed by atoms with Crippen molar-refractivity contribution in [3.05, 3.63) is 21.6 Å². The lowest BCUT2D eigenvalue weighted by molar-refractivity contribution is -0.384. The zero-order valence-electron chi connectivity index (χ0n) is 10.4. The average molecular weight is 289 g/mol. The van der Waals surface area contributed by atoms with Crippen LogP contribution in [0.25, 0.3) is 0 Å². The molecule has 1 atom stereocenters. The molecule has 9 heteroatoms. The van der Waals surface area contributed by atoms with E-state index in [1.54, 1.807) is 13.8 Å². The lowest BCUT2D eigenvalue weighted by atomic mass is 10.3. The van der Waals surface area contributed by atoms with Crippen molar-refractivity contribution < 1.29 is 14.4 Å². The maximum atomic E-state index is 10.9. The van der Waals surface area contributed by atoms with Gasteiger partial charge in [0.05, 0.1) is 11.5 Å². The topological polar surface area (TPSA) is 99.4 Å². The van der Waals surface area contributed by atoms with Gasteiger partial charge in [0.25, 0.3) is 0 Å². The molecule has 104 valence electrons. The van der Waals surface area contributed by atoms with Gasteiger partial charge >= 0.3 is 5.69 Å². The predicted molar refractivity (Wildman–Crippen MR) is 67.1 cm³/mol. The normalized spacial score (nSPS) is 21.3. The number of nitro groups is 1. The fraction of sp³-hybridized carbons (Fsp3) is 0.600. The minimum absolute atomic E-state index is 0.0679. The van der Waals surface area contributed by atoms with Gasteiger partial charge in [-0.15, -0.1) is 0 Å². The molecule has 1 N–H and O–H groups in total. The van der Waals surface area contributed by atoms with Gasteiger partial charge in [-0.1, -0.05) is 11.6 Å². The second-order valence-corrected chi connectivity index (χ2v) is 4.81. The quantitative estimate of drug-likeness (QED) is 0.510. The largest absolute Gasteiger partial charge is 0.361 e. The van der Waals surface area contributed by atoms with Gasteiger partial charge in [-0.2, -0.15) is 0 Å². The Kier molecular flexibility index (Phi) is 3.83. The van der Waals surface area contributed by atoms with Crippen molar-refractivity contribution in [1.29, 1.82) is 0 Å². The second-order valence-electron chi connectivity index (χ2n) is 4.45. The van der Waals surface area contributed by atoms with Crippen LogP contribution in [0.2, 0.25) is 5.15 Å². The number of ether oxygens (including phenoxy) is 2. The van der Waals surface area contributed by atoms with Crippen molar-refractivity contribution in [2.24, 2.45) is 0 Å². The summed E-state index contributed by atoms with van der Waals surface area (Å²) in [5.41, 5.74) is -0.345. The number of anilines is 1. The molecule has 1 fully saturated rings. The molecule has 8 nitrogen and oxygen atoms in total. The van der Waals surface area contributed by atoms with E-state index in [9.17, 15) is 10.1 Å². The highest BCUT2D eigenvalue weighted by molar-refractivity contribution is 6.31. The molecule has 1 unspecified atom stereocenters. The van der Waals surface area contributed by atoms with Crippen molar-refractivity contribution in [3.63, 3.8) is 0 Å². The molecule has 1 aliphatic heterocycles. The Labute approximate surface area is 114 Å². The van der Waals surface area contributed by atoms with Crippen LogP contribution in [0.15, 0.2) is 6.33 Å². The first-order valence-electron chi connectivity index (χ1n) is 5.59. The Hall–Kier alpha value is -1.51. The summed E-state index contributed by atoms with van der Waals surface area (Å²) in [4.78, 5) is 17.7. The van der Waals surface area contributed by atoms with Crippen LogP contribution >= 0.6 is 11.6 Å². The van der Waals surface area contributed by atoms with Crippen molar-refractivity contribution >= 4 is 23.1 Å². The smallest absolute Gasteiger partial charge is 0.348 e. The predicted octanol–water partition coefficient (Wildman–Crippen LogP) is 1.60. The number of rotatable bonds is 4. The van der Waals surface area contributed by atoms with E-state index in [2.05, 4.69) is 15.3 Å². The van der Waals surface area contributed by atoms with Crippen molar-refractivity contribution in [2.75, 3.05) is 18.5 Å². The fourth-order valence-corrected chi connectivity index (χ4v) is 1.92. The molecule has 2 heterocycles. The zero-order valence-corrected chi connectivity index (χ0v) is 11.2. The monoisotopic (exact) mass is 288 g/mol. The van der Waals surface area contributed by atoms with Crippen LogP contribution in [0.4, 0.5) is 11.5 Å². The lowest BCUT2D eigenvalue weighted by Gasteiger charge is -2.17. The summed E-state index contributed by atoms with van der Waals surface area (Å²) < 4.78 is 11.0. The first kappa shape index (κ1) is 13.9. The molecule has 1 aromatic heterocycles. The lowest BCUT2D eigenvalue weighted by Crippen LogP contribution is -2.26. The molecule has 0 aliphatic carbocycles. The SMILES string of the molecule is CC1(C)OCC(CNc2ncnc(Cl)c2[N+](=O)[O-])O1. The third kappa shape index (κ3) is 3.28. The number of nitrogens with zero attached hydrogens (tertiary/aromatic N) is 3. The molecule has 1 saturated heterocycles. The van der Waals surface area contributed by atoms with E-state index < -0.39 is 10.7 Å². The molecule has 0 radical (unpaired) electrons.